The van der Waals surface area contributed by atoms with E-state index < -0.39 is 0 Å². The third-order valence-corrected chi connectivity index (χ3v) is 4.53. The predicted molar refractivity (Wildman–Crippen MR) is 101 cm³/mol. The number of carbonyl (C=O) groups is 1. The van der Waals surface area contributed by atoms with Gasteiger partial charge < -0.3 is 4.74 Å². The lowest BCUT2D eigenvalue weighted by Gasteiger charge is -2.10. The van der Waals surface area contributed by atoms with Gasteiger partial charge in [-0.15, -0.1) is 38.2 Å². The summed E-state index contributed by atoms with van der Waals surface area (Å²) in [4.78, 5) is 14.3. The molecule has 0 unspecified atom stereocenters. The van der Waals surface area contributed by atoms with Crippen LogP contribution < -0.4 is 0 Å². The summed E-state index contributed by atoms with van der Waals surface area (Å²) in [6.07, 6.45) is 2.92. The first-order valence-electron chi connectivity index (χ1n) is 7.60. The third kappa shape index (κ3) is 6.86. The van der Waals surface area contributed by atoms with Gasteiger partial charge in [0.15, 0.2) is 5.65 Å². The molecule has 0 radical (unpaired) electrons. The van der Waals surface area contributed by atoms with Gasteiger partial charge in [-0.25, -0.2) is 4.98 Å². The zero-order valence-electron chi connectivity index (χ0n) is 14.1. The van der Waals surface area contributed by atoms with Crippen molar-refractivity contribution in [3.63, 3.8) is 0 Å². The summed E-state index contributed by atoms with van der Waals surface area (Å²) >= 11 is 11.2. The van der Waals surface area contributed by atoms with Gasteiger partial charge in [-0.05, 0) is 24.0 Å². The van der Waals surface area contributed by atoms with Crippen molar-refractivity contribution in [2.45, 2.75) is 37.6 Å². The monoisotopic (exact) mass is 390 g/mol. The Bertz CT molecular complexity index is 637. The van der Waals surface area contributed by atoms with Crippen LogP contribution in [0, 0.1) is 0 Å². The largest absolute Gasteiger partial charge is 0.469 e. The van der Waals surface area contributed by atoms with Crippen molar-refractivity contribution < 1.29 is 9.53 Å². The van der Waals surface area contributed by atoms with E-state index >= 15 is 0 Å². The minimum atomic E-state index is -0.199. The second-order valence-electron chi connectivity index (χ2n) is 5.11. The average molecular weight is 391 g/mol. The SMILES string of the molecule is CC(C)c1cc2ncnn2nc1SCCCCl.COC(=O)CCS. The molecule has 0 atom stereocenters. The molecule has 0 amide bonds. The lowest BCUT2D eigenvalue weighted by atomic mass is 10.1. The molecule has 0 aromatic carbocycles. The van der Waals surface area contributed by atoms with Crippen molar-refractivity contribution in [1.29, 1.82) is 0 Å². The molecule has 0 fully saturated rings. The fraction of sp³-hybridized carbons (Fsp3) is 0.600. The standard InChI is InChI=1S/C11H15ClN4S.C4H8O2S/c1-8(2)9-6-10-13-7-14-16(10)15-11(9)17-5-3-4-12;1-6-4(5)2-3-7/h6-8H,3-5H2,1-2H3;7H,2-3H2,1H3. The summed E-state index contributed by atoms with van der Waals surface area (Å²) in [5.41, 5.74) is 2.03. The van der Waals surface area contributed by atoms with Crippen LogP contribution in [0.1, 0.15) is 38.2 Å². The lowest BCUT2D eigenvalue weighted by molar-refractivity contribution is -0.140. The van der Waals surface area contributed by atoms with Crippen molar-refractivity contribution >= 4 is 47.6 Å². The zero-order valence-corrected chi connectivity index (χ0v) is 16.6. The fourth-order valence-corrected chi connectivity index (χ4v) is 3.26. The number of alkyl halides is 1. The molecule has 2 aromatic heterocycles. The average Bonchev–Trinajstić information content (AvgIpc) is 3.02. The first-order valence-corrected chi connectivity index (χ1v) is 9.76. The van der Waals surface area contributed by atoms with Crippen LogP contribution >= 0.6 is 36.0 Å². The van der Waals surface area contributed by atoms with Crippen molar-refractivity contribution in [3.05, 3.63) is 18.0 Å². The van der Waals surface area contributed by atoms with Crippen LogP contribution in [0.25, 0.3) is 5.65 Å². The van der Waals surface area contributed by atoms with Crippen LogP contribution in [0.15, 0.2) is 17.4 Å². The van der Waals surface area contributed by atoms with E-state index in [0.717, 1.165) is 22.8 Å². The summed E-state index contributed by atoms with van der Waals surface area (Å²) in [6.45, 7) is 4.32. The number of thioether (sulfide) groups is 1. The Balaban J connectivity index is 0.000000351. The number of esters is 1. The first kappa shape index (κ1) is 21.1. The van der Waals surface area contributed by atoms with Gasteiger partial charge in [-0.1, -0.05) is 13.8 Å². The fourth-order valence-electron chi connectivity index (χ4n) is 1.70. The molecule has 6 nitrogen and oxygen atoms in total. The summed E-state index contributed by atoms with van der Waals surface area (Å²) in [5.74, 6) is 2.47. The number of carbonyl (C=O) groups excluding carboxylic acids is 1. The van der Waals surface area contributed by atoms with Crippen LogP contribution in [0.3, 0.4) is 0 Å². The summed E-state index contributed by atoms with van der Waals surface area (Å²) in [6, 6.07) is 2.06. The number of halogens is 1. The molecule has 2 aromatic rings. The second kappa shape index (κ2) is 11.5. The summed E-state index contributed by atoms with van der Waals surface area (Å²) in [7, 11) is 1.37. The molecule has 0 saturated carbocycles. The molecule has 9 heteroatoms. The van der Waals surface area contributed by atoms with Crippen molar-refractivity contribution in [1.82, 2.24) is 19.8 Å². The molecule has 0 bridgehead atoms. The molecule has 0 N–H and O–H groups in total. The molecule has 134 valence electrons. The molecule has 0 aliphatic heterocycles. The highest BCUT2D eigenvalue weighted by atomic mass is 35.5. The predicted octanol–water partition coefficient (Wildman–Crippen LogP) is 3.45. The van der Waals surface area contributed by atoms with Gasteiger partial charge in [0.05, 0.1) is 13.5 Å². The Labute approximate surface area is 157 Å². The number of nitrogens with zero attached hydrogens (tertiary/aromatic N) is 4. The summed E-state index contributed by atoms with van der Waals surface area (Å²) < 4.78 is 5.88. The first-order chi connectivity index (χ1) is 11.5. The van der Waals surface area contributed by atoms with Gasteiger partial charge >= 0.3 is 5.97 Å². The van der Waals surface area contributed by atoms with Gasteiger partial charge in [0.2, 0.25) is 0 Å². The number of hydrogen-bond acceptors (Lipinski definition) is 7. The Morgan fingerprint density at radius 1 is 1.50 bits per heavy atom. The van der Waals surface area contributed by atoms with Crippen LogP contribution in [0.5, 0.6) is 0 Å². The minimum Gasteiger partial charge on any atom is -0.469 e. The Kier molecular flexibility index (Phi) is 10.1. The van der Waals surface area contributed by atoms with Crippen molar-refractivity contribution in [2.75, 3.05) is 24.5 Å². The maximum Gasteiger partial charge on any atom is 0.306 e. The Morgan fingerprint density at radius 3 is 2.79 bits per heavy atom. The van der Waals surface area contributed by atoms with Crippen LogP contribution in [0.4, 0.5) is 0 Å². The number of methoxy groups -OCH3 is 1. The topological polar surface area (TPSA) is 69.4 Å². The molecule has 0 aliphatic rings. The van der Waals surface area contributed by atoms with Crippen molar-refractivity contribution in [3.8, 4) is 0 Å². The van der Waals surface area contributed by atoms with E-state index in [4.69, 9.17) is 11.6 Å². The highest BCUT2D eigenvalue weighted by Gasteiger charge is 2.12. The van der Waals surface area contributed by atoms with Crippen LogP contribution in [-0.2, 0) is 9.53 Å². The number of thiol groups is 1. The Hall–Kier alpha value is -0.990. The van der Waals surface area contributed by atoms with E-state index in [1.54, 1.807) is 16.4 Å². The van der Waals surface area contributed by atoms with Crippen LogP contribution in [-0.4, -0.2) is 50.3 Å². The molecule has 0 saturated heterocycles. The van der Waals surface area contributed by atoms with E-state index in [1.807, 2.05) is 0 Å². The molecule has 2 rings (SSSR count). The molecule has 2 heterocycles. The molecule has 24 heavy (non-hydrogen) atoms. The lowest BCUT2D eigenvalue weighted by Crippen LogP contribution is -2.02. The van der Waals surface area contributed by atoms with Gasteiger partial charge in [0, 0.05) is 17.4 Å². The smallest absolute Gasteiger partial charge is 0.306 e. The third-order valence-electron chi connectivity index (χ3n) is 2.96. The molecule has 0 aliphatic carbocycles. The van der Waals surface area contributed by atoms with E-state index in [2.05, 4.69) is 52.5 Å². The maximum atomic E-state index is 10.1. The van der Waals surface area contributed by atoms with E-state index in [1.165, 1.54) is 19.0 Å². The number of rotatable bonds is 7. The minimum absolute atomic E-state index is 0.199. The van der Waals surface area contributed by atoms with Gasteiger partial charge in [-0.3, -0.25) is 4.79 Å². The second-order valence-corrected chi connectivity index (χ2v) is 7.02. The van der Waals surface area contributed by atoms with E-state index in [-0.39, 0.29) is 5.97 Å². The van der Waals surface area contributed by atoms with E-state index in [0.29, 0.717) is 24.0 Å². The van der Waals surface area contributed by atoms with Gasteiger partial charge in [0.1, 0.15) is 11.4 Å². The normalized spacial score (nSPS) is 10.6. The zero-order chi connectivity index (χ0) is 17.9. The van der Waals surface area contributed by atoms with Gasteiger partial charge in [-0.2, -0.15) is 12.6 Å². The molecular weight excluding hydrogens is 368 g/mol. The number of hydrogen-bond donors (Lipinski definition) is 1. The van der Waals surface area contributed by atoms with Gasteiger partial charge in [0.25, 0.3) is 0 Å². The number of fused-ring (bicyclic) bond motifs is 1. The highest BCUT2D eigenvalue weighted by Crippen LogP contribution is 2.27. The molecule has 0 spiro atoms. The summed E-state index contributed by atoms with van der Waals surface area (Å²) in [5, 5.41) is 9.58. The van der Waals surface area contributed by atoms with E-state index in [9.17, 15) is 4.79 Å². The van der Waals surface area contributed by atoms with Crippen LogP contribution in [0.2, 0.25) is 0 Å². The quantitative estimate of drug-likeness (QED) is 0.257. The molecular formula is C15H23ClN4O2S2. The van der Waals surface area contributed by atoms with Crippen molar-refractivity contribution in [2.24, 2.45) is 0 Å². The number of ether oxygens (including phenoxy) is 1. The highest BCUT2D eigenvalue weighted by molar-refractivity contribution is 7.99. The Morgan fingerprint density at radius 2 is 2.25 bits per heavy atom. The maximum absolute atomic E-state index is 10.1. The number of aromatic nitrogens is 4.